The maximum atomic E-state index is 13.3. The van der Waals surface area contributed by atoms with Gasteiger partial charge in [0.05, 0.1) is 0 Å². The second kappa shape index (κ2) is 8.62. The van der Waals surface area contributed by atoms with E-state index in [1.165, 1.54) is 0 Å². The molecule has 7 nitrogen and oxygen atoms in total. The van der Waals surface area contributed by atoms with E-state index in [0.29, 0.717) is 49.2 Å². The highest BCUT2D eigenvalue weighted by atomic mass is 16.2. The van der Waals surface area contributed by atoms with E-state index in [1.807, 2.05) is 4.90 Å². The number of nitrogens with zero attached hydrogens (tertiary/aromatic N) is 4. The summed E-state index contributed by atoms with van der Waals surface area (Å²) < 4.78 is 0. The molecule has 0 aromatic heterocycles. The van der Waals surface area contributed by atoms with Crippen molar-refractivity contribution < 1.29 is 14.4 Å². The molecule has 0 aromatic carbocycles. The zero-order chi connectivity index (χ0) is 21.5. The summed E-state index contributed by atoms with van der Waals surface area (Å²) in [5.74, 6) is 2.29. The Balaban J connectivity index is 1.14. The third-order valence-corrected chi connectivity index (χ3v) is 8.66. The maximum absolute atomic E-state index is 13.3. The van der Waals surface area contributed by atoms with E-state index in [9.17, 15) is 14.4 Å². The topological polar surface area (TPSA) is 64.2 Å². The van der Waals surface area contributed by atoms with Crippen molar-refractivity contribution in [2.24, 2.45) is 23.7 Å². The Morgan fingerprint density at radius 3 is 2.29 bits per heavy atom. The average Bonchev–Trinajstić information content (AvgIpc) is 2.79. The Morgan fingerprint density at radius 1 is 0.839 bits per heavy atom. The first kappa shape index (κ1) is 21.1. The van der Waals surface area contributed by atoms with Gasteiger partial charge in [0.2, 0.25) is 11.8 Å². The van der Waals surface area contributed by atoms with Crippen LogP contribution in [0.2, 0.25) is 0 Å². The van der Waals surface area contributed by atoms with E-state index in [-0.39, 0.29) is 11.9 Å². The van der Waals surface area contributed by atoms with Crippen LogP contribution in [0, 0.1) is 23.7 Å². The third kappa shape index (κ3) is 4.17. The van der Waals surface area contributed by atoms with Gasteiger partial charge in [-0.1, -0.05) is 6.92 Å². The van der Waals surface area contributed by atoms with Crippen molar-refractivity contribution in [3.63, 3.8) is 0 Å². The summed E-state index contributed by atoms with van der Waals surface area (Å²) >= 11 is 0. The lowest BCUT2D eigenvalue weighted by atomic mass is 9.76. The van der Waals surface area contributed by atoms with Crippen LogP contribution in [0.3, 0.4) is 0 Å². The Labute approximate surface area is 186 Å². The van der Waals surface area contributed by atoms with E-state index in [1.54, 1.807) is 0 Å². The molecular weight excluding hydrogens is 392 g/mol. The quantitative estimate of drug-likeness (QED) is 0.642. The van der Waals surface area contributed by atoms with Crippen LogP contribution < -0.4 is 0 Å². The largest absolute Gasteiger partial charge is 0.342 e. The first-order chi connectivity index (χ1) is 15.0. The number of urea groups is 1. The summed E-state index contributed by atoms with van der Waals surface area (Å²) in [6, 6.07) is 0.492. The van der Waals surface area contributed by atoms with Gasteiger partial charge in [0.25, 0.3) is 0 Å². The average molecular weight is 431 g/mol. The molecule has 31 heavy (non-hydrogen) atoms. The smallest absolute Gasteiger partial charge is 0.320 e. The van der Waals surface area contributed by atoms with E-state index < -0.39 is 0 Å². The van der Waals surface area contributed by atoms with E-state index in [2.05, 4.69) is 21.6 Å². The molecule has 0 spiro atoms. The summed E-state index contributed by atoms with van der Waals surface area (Å²) in [5.41, 5.74) is 0. The van der Waals surface area contributed by atoms with Gasteiger partial charge in [-0.25, -0.2) is 4.79 Å². The summed E-state index contributed by atoms with van der Waals surface area (Å²) in [5, 5.41) is 0. The van der Waals surface area contributed by atoms with Gasteiger partial charge in [-0.15, -0.1) is 0 Å². The van der Waals surface area contributed by atoms with E-state index >= 15 is 0 Å². The van der Waals surface area contributed by atoms with Crippen molar-refractivity contribution in [2.75, 3.05) is 45.8 Å². The lowest BCUT2D eigenvalue weighted by molar-refractivity contribution is -0.144. The molecule has 5 heterocycles. The summed E-state index contributed by atoms with van der Waals surface area (Å²) in [7, 11) is 0. The molecular formula is C24H38N4O3. The molecule has 5 fully saturated rings. The minimum atomic E-state index is 0.0833. The minimum absolute atomic E-state index is 0.0833. The molecule has 5 aliphatic heterocycles. The number of hydrogen-bond donors (Lipinski definition) is 0. The number of likely N-dealkylation sites (tertiary alicyclic amines) is 3. The number of rotatable bonds is 1. The molecule has 5 rings (SSSR count). The van der Waals surface area contributed by atoms with Gasteiger partial charge in [-0.3, -0.25) is 9.59 Å². The van der Waals surface area contributed by atoms with Crippen molar-refractivity contribution in [3.05, 3.63) is 0 Å². The molecule has 4 amide bonds. The molecule has 0 aliphatic carbocycles. The lowest BCUT2D eigenvalue weighted by Gasteiger charge is -2.53. The molecule has 3 atom stereocenters. The fraction of sp³-hybridized carbons (Fsp3) is 0.875. The van der Waals surface area contributed by atoms with Gasteiger partial charge < -0.3 is 19.6 Å². The molecule has 0 saturated carbocycles. The number of hydrogen-bond acceptors (Lipinski definition) is 3. The first-order valence-electron chi connectivity index (χ1n) is 12.6. The first-order valence-corrected chi connectivity index (χ1v) is 12.6. The maximum Gasteiger partial charge on any atom is 0.320 e. The second-order valence-electron chi connectivity index (χ2n) is 10.8. The molecule has 0 N–H and O–H groups in total. The van der Waals surface area contributed by atoms with Crippen LogP contribution in [0.15, 0.2) is 0 Å². The number of carbonyl (C=O) groups excluding carboxylic acids is 3. The minimum Gasteiger partial charge on any atom is -0.342 e. The molecule has 5 saturated heterocycles. The van der Waals surface area contributed by atoms with Gasteiger partial charge >= 0.3 is 6.03 Å². The van der Waals surface area contributed by atoms with Crippen LogP contribution in [0.1, 0.15) is 58.3 Å². The fourth-order valence-electron chi connectivity index (χ4n) is 6.77. The zero-order valence-corrected chi connectivity index (χ0v) is 19.0. The SMILES string of the molecule is CC1CCN(C(=O)C2CCN(C(=O)N3C[C@@H]4C[C@H](C3)[C@H]3CCCC(=O)N3C4)CC2)CC1. The molecule has 2 bridgehead atoms. The Morgan fingerprint density at radius 2 is 1.55 bits per heavy atom. The van der Waals surface area contributed by atoms with Crippen molar-refractivity contribution in [2.45, 2.75) is 64.3 Å². The third-order valence-electron chi connectivity index (χ3n) is 8.66. The predicted octanol–water partition coefficient (Wildman–Crippen LogP) is 2.41. The number of fused-ring (bicyclic) bond motifs is 4. The zero-order valence-electron chi connectivity index (χ0n) is 19.0. The lowest BCUT2D eigenvalue weighted by Crippen LogP contribution is -2.62. The van der Waals surface area contributed by atoms with Gasteiger partial charge in [-0.05, 0) is 62.7 Å². The predicted molar refractivity (Wildman–Crippen MR) is 117 cm³/mol. The number of amides is 4. The molecule has 172 valence electrons. The summed E-state index contributed by atoms with van der Waals surface area (Å²) in [6.45, 7) is 7.84. The fourth-order valence-corrected chi connectivity index (χ4v) is 6.77. The molecule has 0 aromatic rings. The van der Waals surface area contributed by atoms with Crippen LogP contribution in [0.25, 0.3) is 0 Å². The molecule has 0 unspecified atom stereocenters. The van der Waals surface area contributed by atoms with Crippen LogP contribution in [0.4, 0.5) is 4.79 Å². The summed E-state index contributed by atoms with van der Waals surface area (Å²) in [6.07, 6.45) is 7.76. The van der Waals surface area contributed by atoms with Crippen LogP contribution in [-0.2, 0) is 9.59 Å². The standard InChI is InChI=1S/C24H38N4O3/c1-17-5-9-25(10-6-17)23(30)19-7-11-26(12-8-19)24(31)27-14-18-13-20(16-27)21-3-2-4-22(29)28(21)15-18/h17-21H,2-16H2,1H3/t18-,20+,21+/m0/s1. The molecule has 5 aliphatic rings. The number of carbonyl (C=O) groups is 3. The van der Waals surface area contributed by atoms with Crippen molar-refractivity contribution >= 4 is 17.8 Å². The van der Waals surface area contributed by atoms with Crippen LogP contribution in [0.5, 0.6) is 0 Å². The van der Waals surface area contributed by atoms with E-state index in [4.69, 9.17) is 0 Å². The van der Waals surface area contributed by atoms with Gasteiger partial charge in [0.1, 0.15) is 0 Å². The van der Waals surface area contributed by atoms with E-state index in [0.717, 1.165) is 83.6 Å². The molecule has 7 heteroatoms. The normalized spacial score (nSPS) is 32.8. The van der Waals surface area contributed by atoms with Gasteiger partial charge in [0, 0.05) is 64.2 Å². The van der Waals surface area contributed by atoms with Gasteiger partial charge in [0.15, 0.2) is 0 Å². The van der Waals surface area contributed by atoms with Crippen molar-refractivity contribution in [1.82, 2.24) is 19.6 Å². The van der Waals surface area contributed by atoms with Crippen molar-refractivity contribution in [3.8, 4) is 0 Å². The number of piperidine rings is 5. The summed E-state index contributed by atoms with van der Waals surface area (Å²) in [4.78, 5) is 46.8. The van der Waals surface area contributed by atoms with Crippen LogP contribution in [-0.4, -0.2) is 89.3 Å². The Kier molecular flexibility index (Phi) is 5.86. The Hall–Kier alpha value is -1.79. The van der Waals surface area contributed by atoms with Gasteiger partial charge in [-0.2, -0.15) is 0 Å². The van der Waals surface area contributed by atoms with Crippen LogP contribution >= 0.6 is 0 Å². The monoisotopic (exact) mass is 430 g/mol. The second-order valence-corrected chi connectivity index (χ2v) is 10.8. The highest BCUT2D eigenvalue weighted by molar-refractivity contribution is 5.80. The highest BCUT2D eigenvalue weighted by Gasteiger charge is 2.45. The highest BCUT2D eigenvalue weighted by Crippen LogP contribution is 2.38. The Bertz CT molecular complexity index is 712. The van der Waals surface area contributed by atoms with Crippen molar-refractivity contribution in [1.29, 1.82) is 0 Å². The molecule has 0 radical (unpaired) electrons.